The van der Waals surface area contributed by atoms with Crippen LogP contribution in [0.5, 0.6) is 0 Å². The lowest BCUT2D eigenvalue weighted by Gasteiger charge is -2.37. The van der Waals surface area contributed by atoms with Gasteiger partial charge in [0.2, 0.25) is 11.8 Å². The van der Waals surface area contributed by atoms with Gasteiger partial charge >= 0.3 is 0 Å². The van der Waals surface area contributed by atoms with E-state index in [2.05, 4.69) is 34.4 Å². The molecule has 1 atom stereocenters. The van der Waals surface area contributed by atoms with E-state index >= 15 is 0 Å². The number of hydrogen-bond acceptors (Lipinski definition) is 5. The molecule has 1 aromatic heterocycles. The van der Waals surface area contributed by atoms with Crippen LogP contribution in [0.25, 0.3) is 11.3 Å². The fourth-order valence-electron chi connectivity index (χ4n) is 3.28. The Hall–Kier alpha value is -2.25. The minimum atomic E-state index is -0.386. The second kappa shape index (κ2) is 9.10. The van der Waals surface area contributed by atoms with Crippen LogP contribution in [0.1, 0.15) is 25.3 Å². The van der Waals surface area contributed by atoms with Gasteiger partial charge in [0.25, 0.3) is 0 Å². The Morgan fingerprint density at radius 3 is 2.89 bits per heavy atom. The molecule has 2 amide bonds. The maximum Gasteiger partial charge on any atom is 0.237 e. The van der Waals surface area contributed by atoms with E-state index in [0.717, 1.165) is 22.8 Å². The SMILES string of the molecule is CC(C)N1CCNC(=O)[C@@H]1CC(=O)NCCc1nc(-c2ccccc2)cs1. The molecule has 2 aromatic rings. The number of rotatable bonds is 7. The Morgan fingerprint density at radius 1 is 1.37 bits per heavy atom. The van der Waals surface area contributed by atoms with Gasteiger partial charge in [-0.25, -0.2) is 4.98 Å². The highest BCUT2D eigenvalue weighted by Gasteiger charge is 2.32. The van der Waals surface area contributed by atoms with Crippen LogP contribution >= 0.6 is 11.3 Å². The molecule has 1 aliphatic rings. The summed E-state index contributed by atoms with van der Waals surface area (Å²) in [6, 6.07) is 9.91. The summed E-state index contributed by atoms with van der Waals surface area (Å²) in [5.41, 5.74) is 2.06. The molecule has 3 rings (SSSR count). The number of piperazine rings is 1. The smallest absolute Gasteiger partial charge is 0.237 e. The molecular formula is C20H26N4O2S. The number of aromatic nitrogens is 1. The van der Waals surface area contributed by atoms with Crippen molar-refractivity contribution in [3.63, 3.8) is 0 Å². The molecule has 0 radical (unpaired) electrons. The summed E-state index contributed by atoms with van der Waals surface area (Å²) in [5, 5.41) is 8.82. The van der Waals surface area contributed by atoms with Gasteiger partial charge in [-0.15, -0.1) is 11.3 Å². The molecule has 0 bridgehead atoms. The van der Waals surface area contributed by atoms with Crippen molar-refractivity contribution in [3.8, 4) is 11.3 Å². The van der Waals surface area contributed by atoms with Crippen LogP contribution in [-0.2, 0) is 16.0 Å². The van der Waals surface area contributed by atoms with Gasteiger partial charge in [-0.1, -0.05) is 30.3 Å². The summed E-state index contributed by atoms with van der Waals surface area (Å²) in [4.78, 5) is 31.2. The zero-order valence-corrected chi connectivity index (χ0v) is 16.6. The highest BCUT2D eigenvalue weighted by molar-refractivity contribution is 7.09. The summed E-state index contributed by atoms with van der Waals surface area (Å²) in [6.45, 7) is 6.05. The lowest BCUT2D eigenvalue weighted by molar-refractivity contribution is -0.134. The van der Waals surface area contributed by atoms with E-state index in [9.17, 15) is 9.59 Å². The third-order valence-corrected chi connectivity index (χ3v) is 5.61. The van der Waals surface area contributed by atoms with Crippen LogP contribution in [0.4, 0.5) is 0 Å². The standard InChI is InChI=1S/C20H26N4O2S/c1-14(2)24-11-10-22-20(26)17(24)12-18(25)21-9-8-19-23-16(13-27-19)15-6-4-3-5-7-15/h3-7,13-14,17H,8-12H2,1-2H3,(H,21,25)(H,22,26)/t17-/m0/s1. The van der Waals surface area contributed by atoms with E-state index < -0.39 is 0 Å². The van der Waals surface area contributed by atoms with E-state index in [4.69, 9.17) is 0 Å². The number of amides is 2. The molecular weight excluding hydrogens is 360 g/mol. The highest BCUT2D eigenvalue weighted by Crippen LogP contribution is 2.21. The van der Waals surface area contributed by atoms with E-state index in [-0.39, 0.29) is 30.3 Å². The van der Waals surface area contributed by atoms with Crippen LogP contribution < -0.4 is 10.6 Å². The van der Waals surface area contributed by atoms with E-state index in [1.54, 1.807) is 11.3 Å². The maximum absolute atomic E-state index is 12.3. The zero-order valence-electron chi connectivity index (χ0n) is 15.8. The summed E-state index contributed by atoms with van der Waals surface area (Å²) >= 11 is 1.60. The summed E-state index contributed by atoms with van der Waals surface area (Å²) in [5.74, 6) is -0.153. The van der Waals surface area contributed by atoms with Gasteiger partial charge in [-0.05, 0) is 13.8 Å². The molecule has 1 aliphatic heterocycles. The molecule has 0 spiro atoms. The monoisotopic (exact) mass is 386 g/mol. The van der Waals surface area contributed by atoms with E-state index in [0.29, 0.717) is 19.5 Å². The predicted molar refractivity (Wildman–Crippen MR) is 108 cm³/mol. The molecule has 0 saturated carbocycles. The van der Waals surface area contributed by atoms with Crippen LogP contribution in [-0.4, -0.2) is 53.4 Å². The molecule has 144 valence electrons. The molecule has 1 saturated heterocycles. The van der Waals surface area contributed by atoms with Crippen molar-refractivity contribution in [1.29, 1.82) is 0 Å². The van der Waals surface area contributed by atoms with E-state index in [1.165, 1.54) is 0 Å². The zero-order chi connectivity index (χ0) is 19.2. The Morgan fingerprint density at radius 2 is 2.15 bits per heavy atom. The van der Waals surface area contributed by atoms with Crippen molar-refractivity contribution >= 4 is 23.2 Å². The quantitative estimate of drug-likeness (QED) is 0.764. The number of hydrogen-bond donors (Lipinski definition) is 2. The fraction of sp³-hybridized carbons (Fsp3) is 0.450. The van der Waals surface area contributed by atoms with Gasteiger partial charge < -0.3 is 10.6 Å². The Labute approximate surface area is 164 Å². The number of thiazole rings is 1. The van der Waals surface area contributed by atoms with Crippen LogP contribution in [0, 0.1) is 0 Å². The minimum absolute atomic E-state index is 0.0578. The molecule has 2 heterocycles. The van der Waals surface area contributed by atoms with Crippen molar-refractivity contribution in [2.24, 2.45) is 0 Å². The lowest BCUT2D eigenvalue weighted by Crippen LogP contribution is -2.58. The molecule has 0 unspecified atom stereocenters. The topological polar surface area (TPSA) is 74.3 Å². The largest absolute Gasteiger partial charge is 0.356 e. The first-order chi connectivity index (χ1) is 13.0. The number of benzene rings is 1. The number of nitrogens with zero attached hydrogens (tertiary/aromatic N) is 2. The van der Waals surface area contributed by atoms with Gasteiger partial charge in [0.1, 0.15) is 0 Å². The van der Waals surface area contributed by atoms with Crippen LogP contribution in [0.3, 0.4) is 0 Å². The third kappa shape index (κ3) is 5.14. The van der Waals surface area contributed by atoms with Gasteiger partial charge in [0, 0.05) is 43.0 Å². The van der Waals surface area contributed by atoms with Crippen molar-refractivity contribution in [2.45, 2.75) is 38.8 Å². The highest BCUT2D eigenvalue weighted by atomic mass is 32.1. The number of nitrogens with one attached hydrogen (secondary N) is 2. The van der Waals surface area contributed by atoms with Crippen LogP contribution in [0.15, 0.2) is 35.7 Å². The fourth-order valence-corrected chi connectivity index (χ4v) is 4.09. The molecule has 1 aromatic carbocycles. The second-order valence-electron chi connectivity index (χ2n) is 6.93. The van der Waals surface area contributed by atoms with Gasteiger partial charge in [0.05, 0.1) is 23.2 Å². The average Bonchev–Trinajstić information content (AvgIpc) is 3.13. The molecule has 1 fully saturated rings. The Bertz CT molecular complexity index is 775. The first kappa shape index (κ1) is 19.5. The minimum Gasteiger partial charge on any atom is -0.356 e. The maximum atomic E-state index is 12.3. The number of carbonyl (C=O) groups is 2. The molecule has 2 N–H and O–H groups in total. The Balaban J connectivity index is 1.48. The second-order valence-corrected chi connectivity index (χ2v) is 7.88. The lowest BCUT2D eigenvalue weighted by atomic mass is 10.1. The van der Waals surface area contributed by atoms with Crippen molar-refractivity contribution in [1.82, 2.24) is 20.5 Å². The van der Waals surface area contributed by atoms with E-state index in [1.807, 2.05) is 35.7 Å². The molecule has 0 aliphatic carbocycles. The van der Waals surface area contributed by atoms with Crippen molar-refractivity contribution in [3.05, 3.63) is 40.7 Å². The molecule has 6 nitrogen and oxygen atoms in total. The third-order valence-electron chi connectivity index (χ3n) is 4.70. The molecule has 27 heavy (non-hydrogen) atoms. The van der Waals surface area contributed by atoms with Crippen molar-refractivity contribution < 1.29 is 9.59 Å². The normalized spacial score (nSPS) is 17.7. The number of carbonyl (C=O) groups excluding carboxylic acids is 2. The summed E-state index contributed by atoms with van der Waals surface area (Å²) in [6.07, 6.45) is 0.880. The summed E-state index contributed by atoms with van der Waals surface area (Å²) in [7, 11) is 0. The molecule has 7 heteroatoms. The van der Waals surface area contributed by atoms with Crippen molar-refractivity contribution in [2.75, 3.05) is 19.6 Å². The first-order valence-corrected chi connectivity index (χ1v) is 10.2. The van der Waals surface area contributed by atoms with Gasteiger partial charge in [-0.2, -0.15) is 0 Å². The van der Waals surface area contributed by atoms with Crippen LogP contribution in [0.2, 0.25) is 0 Å². The predicted octanol–water partition coefficient (Wildman–Crippen LogP) is 2.07. The Kier molecular flexibility index (Phi) is 6.58. The summed E-state index contributed by atoms with van der Waals surface area (Å²) < 4.78 is 0. The first-order valence-electron chi connectivity index (χ1n) is 9.34. The van der Waals surface area contributed by atoms with Gasteiger partial charge in [0.15, 0.2) is 0 Å². The average molecular weight is 387 g/mol. The van der Waals surface area contributed by atoms with Gasteiger partial charge in [-0.3, -0.25) is 14.5 Å².